The van der Waals surface area contributed by atoms with Crippen LogP contribution in [0, 0.1) is 0 Å². The number of carbonyl (C=O) groups is 1. The van der Waals surface area contributed by atoms with Gasteiger partial charge in [-0.1, -0.05) is 30.3 Å². The van der Waals surface area contributed by atoms with Crippen LogP contribution in [0.25, 0.3) is 0 Å². The average Bonchev–Trinajstić information content (AvgIpc) is 2.26. The molecule has 0 aliphatic heterocycles. The molecule has 1 rings (SSSR count). The van der Waals surface area contributed by atoms with Crippen LogP contribution in [-0.2, 0) is 11.2 Å². The third-order valence-corrected chi connectivity index (χ3v) is 2.40. The first-order valence-corrected chi connectivity index (χ1v) is 5.69. The number of nitrogens with two attached hydrogens (primary N) is 1. The van der Waals surface area contributed by atoms with E-state index in [9.17, 15) is 9.90 Å². The number of amides is 1. The Morgan fingerprint density at radius 2 is 2.00 bits per heavy atom. The zero-order valence-electron chi connectivity index (χ0n) is 10.3. The fourth-order valence-electron chi connectivity index (χ4n) is 1.40. The number of carbonyl (C=O) groups excluding carboxylic acids is 1. The van der Waals surface area contributed by atoms with Crippen LogP contribution in [-0.4, -0.2) is 29.2 Å². The maximum absolute atomic E-state index is 11.5. The van der Waals surface area contributed by atoms with Gasteiger partial charge in [0.15, 0.2) is 0 Å². The molecule has 17 heavy (non-hydrogen) atoms. The minimum absolute atomic E-state index is 0.217. The number of benzene rings is 1. The van der Waals surface area contributed by atoms with E-state index in [0.29, 0.717) is 6.42 Å². The largest absolute Gasteiger partial charge is 0.391 e. The zero-order chi connectivity index (χ0) is 12.9. The highest BCUT2D eigenvalue weighted by molar-refractivity contribution is 5.85. The van der Waals surface area contributed by atoms with Crippen molar-refractivity contribution in [3.8, 4) is 0 Å². The number of hydrogen-bond donors (Lipinski definition) is 3. The summed E-state index contributed by atoms with van der Waals surface area (Å²) in [5.74, 6) is -0.260. The van der Waals surface area contributed by atoms with Crippen LogP contribution in [0.5, 0.6) is 0 Å². The van der Waals surface area contributed by atoms with Gasteiger partial charge in [0.05, 0.1) is 11.6 Å². The van der Waals surface area contributed by atoms with Crippen molar-refractivity contribution in [2.45, 2.75) is 31.9 Å². The quantitative estimate of drug-likeness (QED) is 0.694. The summed E-state index contributed by atoms with van der Waals surface area (Å²) in [6, 6.07) is 9.65. The summed E-state index contributed by atoms with van der Waals surface area (Å²) in [6.45, 7) is 3.48. The average molecular weight is 236 g/mol. The molecule has 0 spiro atoms. The highest BCUT2D eigenvalue weighted by Crippen LogP contribution is 2.03. The third kappa shape index (κ3) is 4.97. The van der Waals surface area contributed by atoms with E-state index in [1.807, 2.05) is 30.3 Å². The Bertz CT molecular complexity index is 357. The molecule has 0 saturated carbocycles. The molecule has 1 aromatic rings. The maximum Gasteiger partial charge on any atom is 0.239 e. The number of nitrogens with one attached hydrogen (secondary N) is 1. The Balaban J connectivity index is 2.36. The van der Waals surface area contributed by atoms with Gasteiger partial charge in [-0.3, -0.25) is 4.79 Å². The topological polar surface area (TPSA) is 75.4 Å². The first kappa shape index (κ1) is 13.7. The molecule has 4 nitrogen and oxygen atoms in total. The second kappa shape index (κ2) is 5.80. The molecular formula is C13H20N2O2. The zero-order valence-corrected chi connectivity index (χ0v) is 10.3. The van der Waals surface area contributed by atoms with E-state index < -0.39 is 11.6 Å². The highest BCUT2D eigenvalue weighted by atomic mass is 16.3. The van der Waals surface area contributed by atoms with E-state index in [-0.39, 0.29) is 12.5 Å². The number of hydrogen-bond acceptors (Lipinski definition) is 3. The normalized spacial score (nSPS) is 13.2. The molecule has 1 amide bonds. The van der Waals surface area contributed by atoms with Crippen molar-refractivity contribution in [1.29, 1.82) is 0 Å². The Kier molecular flexibility index (Phi) is 4.66. The summed E-state index contributed by atoms with van der Waals surface area (Å²) < 4.78 is 0. The Morgan fingerprint density at radius 1 is 1.41 bits per heavy atom. The summed E-state index contributed by atoms with van der Waals surface area (Å²) in [7, 11) is 0. The summed E-state index contributed by atoms with van der Waals surface area (Å²) in [6.07, 6.45) is -0.0738. The third-order valence-electron chi connectivity index (χ3n) is 2.40. The molecule has 0 heterocycles. The van der Waals surface area contributed by atoms with Gasteiger partial charge < -0.3 is 16.2 Å². The summed E-state index contributed by atoms with van der Waals surface area (Å²) in [4.78, 5) is 11.5. The predicted molar refractivity (Wildman–Crippen MR) is 67.4 cm³/mol. The van der Waals surface area contributed by atoms with Gasteiger partial charge in [0, 0.05) is 13.0 Å². The van der Waals surface area contributed by atoms with Crippen LogP contribution >= 0.6 is 0 Å². The van der Waals surface area contributed by atoms with Crippen molar-refractivity contribution in [2.75, 3.05) is 6.54 Å². The molecule has 0 saturated heterocycles. The molecule has 0 bridgehead atoms. The summed E-state index contributed by atoms with van der Waals surface area (Å²) >= 11 is 0. The molecule has 94 valence electrons. The lowest BCUT2D eigenvalue weighted by Crippen LogP contribution is -2.50. The van der Waals surface area contributed by atoms with Crippen molar-refractivity contribution in [1.82, 2.24) is 5.32 Å². The van der Waals surface area contributed by atoms with E-state index in [4.69, 9.17) is 5.73 Å². The summed E-state index contributed by atoms with van der Waals surface area (Å²) in [5, 5.41) is 12.4. The molecule has 4 heteroatoms. The van der Waals surface area contributed by atoms with Crippen molar-refractivity contribution in [3.63, 3.8) is 0 Å². The van der Waals surface area contributed by atoms with Crippen LogP contribution in [0.1, 0.15) is 19.4 Å². The summed E-state index contributed by atoms with van der Waals surface area (Å²) in [5.41, 5.74) is 5.76. The first-order valence-electron chi connectivity index (χ1n) is 5.69. The predicted octanol–water partition coefficient (Wildman–Crippen LogP) is 0.444. The molecule has 0 fully saturated rings. The molecule has 0 aromatic heterocycles. The number of rotatable bonds is 5. The fourth-order valence-corrected chi connectivity index (χ4v) is 1.40. The van der Waals surface area contributed by atoms with Gasteiger partial charge in [-0.2, -0.15) is 0 Å². The van der Waals surface area contributed by atoms with Crippen LogP contribution in [0.4, 0.5) is 0 Å². The fraction of sp³-hybridized carbons (Fsp3) is 0.462. The van der Waals surface area contributed by atoms with E-state index in [0.717, 1.165) is 5.56 Å². The minimum atomic E-state index is -0.910. The lowest BCUT2D eigenvalue weighted by atomic mass is 10.1. The SMILES string of the molecule is CC(C)(N)C(=O)NCC(O)Cc1ccccc1. The highest BCUT2D eigenvalue weighted by Gasteiger charge is 2.21. The molecule has 0 aliphatic carbocycles. The number of aliphatic hydroxyl groups is 1. The molecule has 1 atom stereocenters. The lowest BCUT2D eigenvalue weighted by molar-refractivity contribution is -0.125. The molecular weight excluding hydrogens is 216 g/mol. The van der Waals surface area contributed by atoms with E-state index in [2.05, 4.69) is 5.32 Å². The molecule has 4 N–H and O–H groups in total. The van der Waals surface area contributed by atoms with Gasteiger partial charge >= 0.3 is 0 Å². The Hall–Kier alpha value is -1.39. The second-order valence-electron chi connectivity index (χ2n) is 4.78. The van der Waals surface area contributed by atoms with Crippen molar-refractivity contribution in [3.05, 3.63) is 35.9 Å². The Morgan fingerprint density at radius 3 is 2.53 bits per heavy atom. The molecule has 1 unspecified atom stereocenters. The van der Waals surface area contributed by atoms with Gasteiger partial charge in [0.25, 0.3) is 0 Å². The second-order valence-corrected chi connectivity index (χ2v) is 4.78. The van der Waals surface area contributed by atoms with Gasteiger partial charge in [-0.15, -0.1) is 0 Å². The molecule has 1 aromatic carbocycles. The lowest BCUT2D eigenvalue weighted by Gasteiger charge is -2.19. The molecule has 0 radical (unpaired) electrons. The van der Waals surface area contributed by atoms with Crippen LogP contribution in [0.3, 0.4) is 0 Å². The smallest absolute Gasteiger partial charge is 0.239 e. The number of aliphatic hydroxyl groups excluding tert-OH is 1. The van der Waals surface area contributed by atoms with Gasteiger partial charge in [0.1, 0.15) is 0 Å². The maximum atomic E-state index is 11.5. The van der Waals surface area contributed by atoms with Crippen molar-refractivity contribution >= 4 is 5.91 Å². The van der Waals surface area contributed by atoms with Gasteiger partial charge in [-0.05, 0) is 19.4 Å². The van der Waals surface area contributed by atoms with Crippen LogP contribution in [0.15, 0.2) is 30.3 Å². The molecule has 0 aliphatic rings. The van der Waals surface area contributed by atoms with Crippen LogP contribution in [0.2, 0.25) is 0 Å². The minimum Gasteiger partial charge on any atom is -0.391 e. The standard InChI is InChI=1S/C13H20N2O2/c1-13(2,14)12(17)15-9-11(16)8-10-6-4-3-5-7-10/h3-7,11,16H,8-9,14H2,1-2H3,(H,15,17). The van der Waals surface area contributed by atoms with Gasteiger partial charge in [0.2, 0.25) is 5.91 Å². The van der Waals surface area contributed by atoms with E-state index >= 15 is 0 Å². The van der Waals surface area contributed by atoms with Crippen LogP contribution < -0.4 is 11.1 Å². The monoisotopic (exact) mass is 236 g/mol. The van der Waals surface area contributed by atoms with Crippen molar-refractivity contribution in [2.24, 2.45) is 5.73 Å². The first-order chi connectivity index (χ1) is 7.89. The Labute approximate surface area is 102 Å². The van der Waals surface area contributed by atoms with E-state index in [1.165, 1.54) is 0 Å². The van der Waals surface area contributed by atoms with E-state index in [1.54, 1.807) is 13.8 Å². The van der Waals surface area contributed by atoms with Crippen molar-refractivity contribution < 1.29 is 9.90 Å². The van der Waals surface area contributed by atoms with Gasteiger partial charge in [-0.25, -0.2) is 0 Å².